The van der Waals surface area contributed by atoms with Gasteiger partial charge in [-0.15, -0.1) is 0 Å². The van der Waals surface area contributed by atoms with Gasteiger partial charge < -0.3 is 15.4 Å². The number of carbonyl (C=O) groups is 1. The van der Waals surface area contributed by atoms with E-state index in [2.05, 4.69) is 4.90 Å². The van der Waals surface area contributed by atoms with Crippen molar-refractivity contribution < 1.29 is 4.79 Å². The van der Waals surface area contributed by atoms with Gasteiger partial charge in [0, 0.05) is 6.04 Å². The molecule has 1 rings (SSSR count). The van der Waals surface area contributed by atoms with Crippen molar-refractivity contribution in [3.8, 4) is 0 Å². The Hall–Kier alpha value is -0.410. The maximum Gasteiger partial charge on any atom is 0.138 e. The largest absolute Gasteiger partial charge is 0.320 e. The number of hydrogen-bond donors (Lipinski definition) is 1. The topological polar surface area (TPSA) is 46.3 Å². The van der Waals surface area contributed by atoms with Crippen LogP contribution in [0.1, 0.15) is 12.8 Å². The summed E-state index contributed by atoms with van der Waals surface area (Å²) in [4.78, 5) is 12.5. The predicted molar refractivity (Wildman–Crippen MR) is 44.2 cm³/mol. The molecule has 11 heavy (non-hydrogen) atoms. The summed E-state index contributed by atoms with van der Waals surface area (Å²) < 4.78 is 0. The van der Waals surface area contributed by atoms with Gasteiger partial charge >= 0.3 is 0 Å². The second-order valence-corrected chi connectivity index (χ2v) is 3.51. The third-order valence-corrected chi connectivity index (χ3v) is 2.25. The van der Waals surface area contributed by atoms with Crippen molar-refractivity contribution in [2.24, 2.45) is 11.7 Å². The van der Waals surface area contributed by atoms with Crippen LogP contribution in [0.4, 0.5) is 0 Å². The van der Waals surface area contributed by atoms with Crippen molar-refractivity contribution in [3.05, 3.63) is 0 Å². The highest BCUT2D eigenvalue weighted by Gasteiger charge is 2.36. The first kappa shape index (κ1) is 8.68. The molecule has 0 aliphatic heterocycles. The van der Waals surface area contributed by atoms with Crippen LogP contribution in [0.15, 0.2) is 0 Å². The number of rotatable bonds is 4. The maximum atomic E-state index is 10.4. The molecule has 1 aliphatic carbocycles. The summed E-state index contributed by atoms with van der Waals surface area (Å²) in [6.07, 6.45) is 3.30. The standard InChI is InChI=1S/C8H16N2O/c1-10(2)8(6-3-4-6)7(9)5-11/h5-8H,3-4,9H2,1-2H3. The average Bonchev–Trinajstić information content (AvgIpc) is 2.71. The Morgan fingerprint density at radius 2 is 2.09 bits per heavy atom. The Morgan fingerprint density at radius 1 is 1.55 bits per heavy atom. The third kappa shape index (κ3) is 2.01. The van der Waals surface area contributed by atoms with Gasteiger partial charge in [-0.2, -0.15) is 0 Å². The first-order chi connectivity index (χ1) is 5.16. The second-order valence-electron chi connectivity index (χ2n) is 3.51. The van der Waals surface area contributed by atoms with Crippen LogP contribution in [0.3, 0.4) is 0 Å². The molecule has 0 aromatic heterocycles. The molecule has 1 aliphatic rings. The Kier molecular flexibility index (Phi) is 2.62. The summed E-state index contributed by atoms with van der Waals surface area (Å²) in [6.45, 7) is 0. The lowest BCUT2D eigenvalue weighted by atomic mass is 10.0. The van der Waals surface area contributed by atoms with Gasteiger partial charge in [-0.1, -0.05) is 0 Å². The Morgan fingerprint density at radius 3 is 2.36 bits per heavy atom. The average molecular weight is 156 g/mol. The number of likely N-dealkylation sites (N-methyl/N-ethyl adjacent to an activating group) is 1. The monoisotopic (exact) mass is 156 g/mol. The van der Waals surface area contributed by atoms with Crippen LogP contribution in [0.5, 0.6) is 0 Å². The minimum atomic E-state index is -0.308. The molecule has 2 N–H and O–H groups in total. The zero-order valence-corrected chi connectivity index (χ0v) is 7.16. The van der Waals surface area contributed by atoms with E-state index in [0.717, 1.165) is 6.29 Å². The molecule has 0 amide bonds. The summed E-state index contributed by atoms with van der Waals surface area (Å²) in [6, 6.07) is -0.0509. The Bertz CT molecular complexity index is 141. The molecule has 0 heterocycles. The van der Waals surface area contributed by atoms with E-state index < -0.39 is 0 Å². The van der Waals surface area contributed by atoms with Crippen molar-refractivity contribution in [2.45, 2.75) is 24.9 Å². The number of nitrogens with two attached hydrogens (primary N) is 1. The minimum Gasteiger partial charge on any atom is -0.320 e. The van der Waals surface area contributed by atoms with Gasteiger partial charge in [-0.3, -0.25) is 0 Å². The molecule has 0 aromatic rings. The minimum absolute atomic E-state index is 0.257. The van der Waals surface area contributed by atoms with Gasteiger partial charge in [0.2, 0.25) is 0 Å². The van der Waals surface area contributed by atoms with Crippen LogP contribution in [-0.2, 0) is 4.79 Å². The lowest BCUT2D eigenvalue weighted by Gasteiger charge is -2.26. The van der Waals surface area contributed by atoms with Gasteiger partial charge in [0.15, 0.2) is 0 Å². The van der Waals surface area contributed by atoms with Crippen molar-refractivity contribution in [3.63, 3.8) is 0 Å². The first-order valence-corrected chi connectivity index (χ1v) is 4.04. The van der Waals surface area contributed by atoms with E-state index in [1.165, 1.54) is 12.8 Å². The normalized spacial score (nSPS) is 23.3. The van der Waals surface area contributed by atoms with Crippen LogP contribution in [0.2, 0.25) is 0 Å². The van der Waals surface area contributed by atoms with Gasteiger partial charge in [-0.25, -0.2) is 0 Å². The van der Waals surface area contributed by atoms with E-state index in [1.807, 2.05) is 14.1 Å². The highest BCUT2D eigenvalue weighted by Crippen LogP contribution is 2.35. The zero-order valence-electron chi connectivity index (χ0n) is 7.16. The third-order valence-electron chi connectivity index (χ3n) is 2.25. The highest BCUT2D eigenvalue weighted by molar-refractivity contribution is 5.58. The summed E-state index contributed by atoms with van der Waals surface area (Å²) in [7, 11) is 3.96. The summed E-state index contributed by atoms with van der Waals surface area (Å²) in [5.41, 5.74) is 5.65. The molecule has 2 atom stereocenters. The molecular weight excluding hydrogens is 140 g/mol. The Balaban J connectivity index is 2.50. The predicted octanol–water partition coefficient (Wildman–Crippen LogP) is -0.147. The van der Waals surface area contributed by atoms with E-state index >= 15 is 0 Å². The van der Waals surface area contributed by atoms with Crippen LogP contribution in [0, 0.1) is 5.92 Å². The van der Waals surface area contributed by atoms with E-state index in [-0.39, 0.29) is 12.1 Å². The van der Waals surface area contributed by atoms with Crippen molar-refractivity contribution in [2.75, 3.05) is 14.1 Å². The van der Waals surface area contributed by atoms with Crippen molar-refractivity contribution >= 4 is 6.29 Å². The summed E-state index contributed by atoms with van der Waals surface area (Å²) in [5.74, 6) is 0.658. The second kappa shape index (κ2) is 3.32. The summed E-state index contributed by atoms with van der Waals surface area (Å²) >= 11 is 0. The molecule has 3 heteroatoms. The first-order valence-electron chi connectivity index (χ1n) is 4.04. The number of nitrogens with zero attached hydrogens (tertiary/aromatic N) is 1. The molecule has 0 saturated heterocycles. The fourth-order valence-electron chi connectivity index (χ4n) is 1.60. The highest BCUT2D eigenvalue weighted by atomic mass is 16.1. The van der Waals surface area contributed by atoms with Crippen molar-refractivity contribution in [1.29, 1.82) is 0 Å². The summed E-state index contributed by atoms with van der Waals surface area (Å²) in [5, 5.41) is 0. The molecular formula is C8H16N2O. The molecule has 0 spiro atoms. The molecule has 0 bridgehead atoms. The van der Waals surface area contributed by atoms with E-state index in [0.29, 0.717) is 5.92 Å². The van der Waals surface area contributed by atoms with E-state index in [9.17, 15) is 4.79 Å². The fraction of sp³-hybridized carbons (Fsp3) is 0.875. The zero-order chi connectivity index (χ0) is 8.43. The van der Waals surface area contributed by atoms with E-state index in [4.69, 9.17) is 5.73 Å². The van der Waals surface area contributed by atoms with Crippen LogP contribution >= 0.6 is 0 Å². The molecule has 64 valence electrons. The fourth-order valence-corrected chi connectivity index (χ4v) is 1.60. The number of carbonyl (C=O) groups excluding carboxylic acids is 1. The molecule has 0 aromatic carbocycles. The van der Waals surface area contributed by atoms with Gasteiger partial charge in [0.1, 0.15) is 6.29 Å². The van der Waals surface area contributed by atoms with Gasteiger partial charge in [0.05, 0.1) is 6.04 Å². The SMILES string of the molecule is CN(C)C(C(N)C=O)C1CC1. The number of hydrogen-bond acceptors (Lipinski definition) is 3. The maximum absolute atomic E-state index is 10.4. The lowest BCUT2D eigenvalue weighted by molar-refractivity contribution is -0.110. The van der Waals surface area contributed by atoms with Crippen LogP contribution < -0.4 is 5.73 Å². The van der Waals surface area contributed by atoms with E-state index in [1.54, 1.807) is 0 Å². The van der Waals surface area contributed by atoms with Crippen LogP contribution in [-0.4, -0.2) is 37.4 Å². The van der Waals surface area contributed by atoms with Gasteiger partial charge in [-0.05, 0) is 32.9 Å². The van der Waals surface area contributed by atoms with Crippen molar-refractivity contribution in [1.82, 2.24) is 4.90 Å². The van der Waals surface area contributed by atoms with Crippen LogP contribution in [0.25, 0.3) is 0 Å². The smallest absolute Gasteiger partial charge is 0.138 e. The molecule has 2 unspecified atom stereocenters. The molecule has 3 nitrogen and oxygen atoms in total. The molecule has 1 saturated carbocycles. The molecule has 0 radical (unpaired) electrons. The molecule has 1 fully saturated rings. The van der Waals surface area contributed by atoms with Gasteiger partial charge in [0.25, 0.3) is 0 Å². The quantitative estimate of drug-likeness (QED) is 0.576. The number of aldehydes is 1. The lowest BCUT2D eigenvalue weighted by Crippen LogP contribution is -2.46. The Labute approximate surface area is 67.5 Å².